The van der Waals surface area contributed by atoms with Crippen LogP contribution in [0.2, 0.25) is 0 Å². The van der Waals surface area contributed by atoms with Crippen LogP contribution in [0.15, 0.2) is 30.6 Å². The molecule has 2 aromatic heterocycles. The van der Waals surface area contributed by atoms with Crippen molar-refractivity contribution in [3.63, 3.8) is 0 Å². The van der Waals surface area contributed by atoms with Crippen molar-refractivity contribution in [3.05, 3.63) is 36.2 Å². The number of benzene rings is 1. The van der Waals surface area contributed by atoms with Crippen molar-refractivity contribution in [3.8, 4) is 11.3 Å². The first-order valence-corrected chi connectivity index (χ1v) is 12.4. The number of aromatic nitrogens is 3. The van der Waals surface area contributed by atoms with Gasteiger partial charge < -0.3 is 15.2 Å². The van der Waals surface area contributed by atoms with Crippen LogP contribution in [0, 0.1) is 0 Å². The van der Waals surface area contributed by atoms with Crippen LogP contribution in [-0.4, -0.2) is 57.6 Å². The average molecular weight is 487 g/mol. The fourth-order valence-corrected chi connectivity index (χ4v) is 5.23. The molecular weight excluding hydrogens is 453 g/mol. The molecule has 0 bridgehead atoms. The van der Waals surface area contributed by atoms with Crippen LogP contribution >= 0.6 is 0 Å². The number of aromatic amines is 1. The van der Waals surface area contributed by atoms with E-state index in [1.165, 1.54) is 0 Å². The van der Waals surface area contributed by atoms with Gasteiger partial charge in [0.25, 0.3) is 0 Å². The average Bonchev–Trinajstić information content (AvgIpc) is 3.48. The standard InChI is InChI=1S/C26H33F3N6/c1-25(2,3)35-12-6-7-17(16-35)32-24-31-15-21(26(27,28)29)23(33-24)20-14-30-22-13-18(8-9-19(20)22)34-10-4-5-11-34/h8-9,13-15,17,30H,4-7,10-12,16H2,1-3H3,(H,31,32,33)/t17-/m0/s1. The first-order chi connectivity index (χ1) is 16.6. The maximum atomic E-state index is 14.0. The normalized spacial score (nSPS) is 20.1. The predicted molar refractivity (Wildman–Crippen MR) is 134 cm³/mol. The summed E-state index contributed by atoms with van der Waals surface area (Å²) in [4.78, 5) is 16.3. The summed E-state index contributed by atoms with van der Waals surface area (Å²) < 4.78 is 41.9. The number of hydrogen-bond acceptors (Lipinski definition) is 5. The summed E-state index contributed by atoms with van der Waals surface area (Å²) in [5.41, 5.74) is 1.44. The minimum absolute atomic E-state index is 0.0322. The number of hydrogen-bond donors (Lipinski definition) is 2. The molecule has 0 aliphatic carbocycles. The summed E-state index contributed by atoms with van der Waals surface area (Å²) in [7, 11) is 0. The highest BCUT2D eigenvalue weighted by Crippen LogP contribution is 2.39. The molecule has 2 aliphatic rings. The van der Waals surface area contributed by atoms with Crippen molar-refractivity contribution >= 4 is 22.5 Å². The molecule has 3 aromatic rings. The van der Waals surface area contributed by atoms with Gasteiger partial charge in [0.2, 0.25) is 5.95 Å². The SMILES string of the molecule is CC(C)(C)N1CCC[C@H](Nc2ncc(C(F)(F)F)c(-c3c[nH]c4cc(N5CCCC5)ccc34)n2)C1. The molecule has 0 unspecified atom stereocenters. The zero-order chi connectivity index (χ0) is 24.8. The van der Waals surface area contributed by atoms with Gasteiger partial charge in [0, 0.05) is 65.8 Å². The van der Waals surface area contributed by atoms with Gasteiger partial charge in [-0.15, -0.1) is 0 Å². The quantitative estimate of drug-likeness (QED) is 0.480. The van der Waals surface area contributed by atoms with Crippen molar-refractivity contribution in [2.45, 2.75) is 64.2 Å². The van der Waals surface area contributed by atoms with Gasteiger partial charge in [-0.2, -0.15) is 13.2 Å². The molecule has 9 heteroatoms. The molecule has 2 aliphatic heterocycles. The summed E-state index contributed by atoms with van der Waals surface area (Å²) in [6.45, 7) is 10.3. The Morgan fingerprint density at radius 3 is 2.54 bits per heavy atom. The largest absolute Gasteiger partial charge is 0.419 e. The van der Waals surface area contributed by atoms with E-state index in [0.29, 0.717) is 5.56 Å². The topological polar surface area (TPSA) is 60.1 Å². The maximum absolute atomic E-state index is 14.0. The molecular formula is C26H33F3N6. The molecule has 6 nitrogen and oxygen atoms in total. The van der Waals surface area contributed by atoms with Crippen LogP contribution < -0.4 is 10.2 Å². The minimum atomic E-state index is -4.55. The van der Waals surface area contributed by atoms with E-state index in [1.54, 1.807) is 6.20 Å². The smallest absolute Gasteiger partial charge is 0.371 e. The van der Waals surface area contributed by atoms with E-state index in [-0.39, 0.29) is 23.2 Å². The summed E-state index contributed by atoms with van der Waals surface area (Å²) in [6, 6.07) is 5.98. The Hall–Kier alpha value is -2.81. The second kappa shape index (κ2) is 9.00. The lowest BCUT2D eigenvalue weighted by molar-refractivity contribution is -0.137. The third-order valence-corrected chi connectivity index (χ3v) is 7.19. The van der Waals surface area contributed by atoms with Crippen molar-refractivity contribution in [1.29, 1.82) is 0 Å². The monoisotopic (exact) mass is 486 g/mol. The van der Waals surface area contributed by atoms with E-state index in [0.717, 1.165) is 74.6 Å². The van der Waals surface area contributed by atoms with Crippen LogP contribution in [0.4, 0.5) is 24.8 Å². The van der Waals surface area contributed by atoms with E-state index in [2.05, 4.69) is 50.8 Å². The second-order valence-corrected chi connectivity index (χ2v) is 10.7. The lowest BCUT2D eigenvalue weighted by Crippen LogP contribution is -2.50. The number of fused-ring (bicyclic) bond motifs is 1. The van der Waals surface area contributed by atoms with Crippen molar-refractivity contribution in [1.82, 2.24) is 19.9 Å². The molecule has 1 aromatic carbocycles. The van der Waals surface area contributed by atoms with E-state index in [9.17, 15) is 13.2 Å². The molecule has 0 saturated carbocycles. The predicted octanol–water partition coefficient (Wildman–Crippen LogP) is 5.92. The number of anilines is 2. The highest BCUT2D eigenvalue weighted by Gasteiger charge is 2.36. The number of likely N-dealkylation sites (tertiary alicyclic amines) is 1. The summed E-state index contributed by atoms with van der Waals surface area (Å²) in [6.07, 6.45) is 2.25. The van der Waals surface area contributed by atoms with E-state index in [1.807, 2.05) is 18.2 Å². The Morgan fingerprint density at radius 2 is 1.83 bits per heavy atom. The molecule has 2 fully saturated rings. The van der Waals surface area contributed by atoms with Crippen molar-refractivity contribution < 1.29 is 13.2 Å². The Balaban J connectivity index is 1.48. The number of nitrogens with zero attached hydrogens (tertiary/aromatic N) is 4. The number of alkyl halides is 3. The maximum Gasteiger partial charge on any atom is 0.419 e. The molecule has 1 atom stereocenters. The number of halogens is 3. The van der Waals surface area contributed by atoms with Crippen molar-refractivity contribution in [2.75, 3.05) is 36.4 Å². The molecule has 0 radical (unpaired) electrons. The highest BCUT2D eigenvalue weighted by atomic mass is 19.4. The molecule has 188 valence electrons. The minimum Gasteiger partial charge on any atom is -0.371 e. The summed E-state index contributed by atoms with van der Waals surface area (Å²) in [5.74, 6) is 0.233. The van der Waals surface area contributed by atoms with Crippen molar-refractivity contribution in [2.24, 2.45) is 0 Å². The fourth-order valence-electron chi connectivity index (χ4n) is 5.23. The third kappa shape index (κ3) is 4.96. The second-order valence-electron chi connectivity index (χ2n) is 10.7. The van der Waals surface area contributed by atoms with Gasteiger partial charge in [0.1, 0.15) is 5.56 Å². The van der Waals surface area contributed by atoms with E-state index >= 15 is 0 Å². The van der Waals surface area contributed by atoms with Gasteiger partial charge in [-0.25, -0.2) is 9.97 Å². The summed E-state index contributed by atoms with van der Waals surface area (Å²) in [5, 5.41) is 4.03. The fraction of sp³-hybridized carbons (Fsp3) is 0.538. The van der Waals surface area contributed by atoms with Gasteiger partial charge in [-0.1, -0.05) is 6.07 Å². The number of H-pyrrole nitrogens is 1. The van der Waals surface area contributed by atoms with Crippen LogP contribution in [-0.2, 0) is 6.18 Å². The van der Waals surface area contributed by atoms with Gasteiger partial charge in [-0.05, 0) is 65.1 Å². The van der Waals surface area contributed by atoms with Gasteiger partial charge >= 0.3 is 6.18 Å². The van der Waals surface area contributed by atoms with Crippen LogP contribution in [0.25, 0.3) is 22.2 Å². The van der Waals surface area contributed by atoms with E-state index in [4.69, 9.17) is 0 Å². The van der Waals surface area contributed by atoms with Crippen LogP contribution in [0.5, 0.6) is 0 Å². The third-order valence-electron chi connectivity index (χ3n) is 7.19. The lowest BCUT2D eigenvalue weighted by Gasteiger charge is -2.41. The Kier molecular flexibility index (Phi) is 6.15. The highest BCUT2D eigenvalue weighted by molar-refractivity contribution is 5.97. The number of nitrogens with one attached hydrogen (secondary N) is 2. The van der Waals surface area contributed by atoms with E-state index < -0.39 is 11.7 Å². The number of rotatable bonds is 4. The first-order valence-electron chi connectivity index (χ1n) is 12.4. The number of piperidine rings is 1. The zero-order valence-corrected chi connectivity index (χ0v) is 20.5. The van der Waals surface area contributed by atoms with Gasteiger partial charge in [-0.3, -0.25) is 4.90 Å². The molecule has 0 spiro atoms. The Morgan fingerprint density at radius 1 is 1.06 bits per heavy atom. The zero-order valence-electron chi connectivity index (χ0n) is 20.5. The molecule has 0 amide bonds. The molecule has 2 saturated heterocycles. The molecule has 5 rings (SSSR count). The lowest BCUT2D eigenvalue weighted by atomic mass is 9.98. The molecule has 2 N–H and O–H groups in total. The van der Waals surface area contributed by atoms with Gasteiger partial charge in [0.05, 0.1) is 5.69 Å². The van der Waals surface area contributed by atoms with Crippen LogP contribution in [0.3, 0.4) is 0 Å². The van der Waals surface area contributed by atoms with Crippen LogP contribution in [0.1, 0.15) is 52.0 Å². The Labute approximate surface area is 203 Å². The molecule has 35 heavy (non-hydrogen) atoms. The first kappa shape index (κ1) is 23.9. The molecule has 4 heterocycles. The summed E-state index contributed by atoms with van der Waals surface area (Å²) >= 11 is 0. The Bertz CT molecular complexity index is 1190. The van der Waals surface area contributed by atoms with Gasteiger partial charge in [0.15, 0.2) is 0 Å².